The van der Waals surface area contributed by atoms with Gasteiger partial charge in [-0.15, -0.1) is 10.2 Å². The molecule has 4 rings (SSSR count). The first kappa shape index (κ1) is 14.2. The summed E-state index contributed by atoms with van der Waals surface area (Å²) in [7, 11) is 0. The van der Waals surface area contributed by atoms with Crippen molar-refractivity contribution in [2.45, 2.75) is 31.8 Å². The first-order valence-corrected chi connectivity index (χ1v) is 8.12. The molecule has 5 nitrogen and oxygen atoms in total. The molecule has 3 heterocycles. The predicted molar refractivity (Wildman–Crippen MR) is 87.1 cm³/mol. The minimum Gasteiger partial charge on any atom is -0.472 e. The van der Waals surface area contributed by atoms with Crippen LogP contribution in [0.5, 0.6) is 0 Å². The minimum absolute atomic E-state index is 0.293. The number of rotatable bonds is 4. The lowest BCUT2D eigenvalue weighted by atomic mass is 10.0. The summed E-state index contributed by atoms with van der Waals surface area (Å²) in [5.41, 5.74) is 2.32. The Kier molecular flexibility index (Phi) is 3.94. The first-order chi connectivity index (χ1) is 11.4. The molecule has 1 aromatic carbocycles. The number of piperidine rings is 1. The van der Waals surface area contributed by atoms with Gasteiger partial charge in [0.15, 0.2) is 5.82 Å². The van der Waals surface area contributed by atoms with E-state index in [0.29, 0.717) is 6.04 Å². The van der Waals surface area contributed by atoms with Crippen molar-refractivity contribution < 1.29 is 4.42 Å². The second kappa shape index (κ2) is 6.38. The molecule has 0 amide bonds. The van der Waals surface area contributed by atoms with E-state index in [1.54, 1.807) is 6.26 Å². The molecule has 1 atom stereocenters. The maximum Gasteiger partial charge on any atom is 0.154 e. The van der Waals surface area contributed by atoms with Crippen molar-refractivity contribution in [2.75, 3.05) is 6.54 Å². The van der Waals surface area contributed by atoms with Gasteiger partial charge in [-0.3, -0.25) is 9.47 Å². The molecule has 118 valence electrons. The maximum atomic E-state index is 5.22. The van der Waals surface area contributed by atoms with E-state index in [-0.39, 0.29) is 0 Å². The van der Waals surface area contributed by atoms with E-state index < -0.39 is 0 Å². The van der Waals surface area contributed by atoms with Crippen LogP contribution in [-0.4, -0.2) is 26.2 Å². The number of hydrogen-bond donors (Lipinski definition) is 0. The Morgan fingerprint density at radius 1 is 1.13 bits per heavy atom. The zero-order valence-electron chi connectivity index (χ0n) is 13.0. The highest BCUT2D eigenvalue weighted by Gasteiger charge is 2.28. The smallest absolute Gasteiger partial charge is 0.154 e. The molecule has 0 aliphatic carbocycles. The van der Waals surface area contributed by atoms with Crippen LogP contribution in [0.25, 0.3) is 5.69 Å². The Balaban J connectivity index is 1.64. The molecule has 0 radical (unpaired) electrons. The Morgan fingerprint density at radius 2 is 2.04 bits per heavy atom. The highest BCUT2D eigenvalue weighted by atomic mass is 16.3. The van der Waals surface area contributed by atoms with E-state index in [2.05, 4.69) is 31.8 Å². The molecule has 1 aliphatic heterocycles. The highest BCUT2D eigenvalue weighted by Crippen LogP contribution is 2.32. The molecule has 1 unspecified atom stereocenters. The van der Waals surface area contributed by atoms with Gasteiger partial charge in [0.2, 0.25) is 0 Å². The van der Waals surface area contributed by atoms with Crippen molar-refractivity contribution in [1.82, 2.24) is 19.7 Å². The van der Waals surface area contributed by atoms with Crippen molar-refractivity contribution in [3.8, 4) is 5.69 Å². The lowest BCUT2D eigenvalue weighted by Crippen LogP contribution is -2.34. The van der Waals surface area contributed by atoms with Gasteiger partial charge in [-0.05, 0) is 37.6 Å². The summed E-state index contributed by atoms with van der Waals surface area (Å²) in [4.78, 5) is 2.48. The molecule has 0 bridgehead atoms. The summed E-state index contributed by atoms with van der Waals surface area (Å²) in [5.74, 6) is 1.03. The number of benzene rings is 1. The molecular formula is C18H20N4O. The fourth-order valence-corrected chi connectivity index (χ4v) is 3.35. The fourth-order valence-electron chi connectivity index (χ4n) is 3.35. The summed E-state index contributed by atoms with van der Waals surface area (Å²) in [5, 5.41) is 8.62. The number of hydrogen-bond acceptors (Lipinski definition) is 4. The van der Waals surface area contributed by atoms with Gasteiger partial charge in [0.1, 0.15) is 6.33 Å². The number of aromatic nitrogens is 3. The predicted octanol–water partition coefficient (Wildman–Crippen LogP) is 3.59. The second-order valence-electron chi connectivity index (χ2n) is 6.01. The van der Waals surface area contributed by atoms with Crippen molar-refractivity contribution in [1.29, 1.82) is 0 Å². The quantitative estimate of drug-likeness (QED) is 0.739. The van der Waals surface area contributed by atoms with Crippen LogP contribution in [0.2, 0.25) is 0 Å². The van der Waals surface area contributed by atoms with E-state index in [1.165, 1.54) is 18.4 Å². The van der Waals surface area contributed by atoms with Crippen molar-refractivity contribution >= 4 is 0 Å². The molecule has 0 N–H and O–H groups in total. The molecule has 1 saturated heterocycles. The van der Waals surface area contributed by atoms with Crippen LogP contribution in [0.1, 0.15) is 36.7 Å². The van der Waals surface area contributed by atoms with Gasteiger partial charge >= 0.3 is 0 Å². The SMILES string of the molecule is c1ccc(-n2cnnc2C2CCCCN2Cc2ccoc2)cc1. The Labute approximate surface area is 135 Å². The molecular weight excluding hydrogens is 288 g/mol. The summed E-state index contributed by atoms with van der Waals surface area (Å²) in [6, 6.07) is 12.6. The molecule has 0 saturated carbocycles. The summed E-state index contributed by atoms with van der Waals surface area (Å²) in [6.45, 7) is 1.97. The Bertz CT molecular complexity index is 735. The van der Waals surface area contributed by atoms with E-state index >= 15 is 0 Å². The summed E-state index contributed by atoms with van der Waals surface area (Å²) >= 11 is 0. The minimum atomic E-state index is 0.293. The highest BCUT2D eigenvalue weighted by molar-refractivity contribution is 5.32. The van der Waals surface area contributed by atoms with Crippen molar-refractivity contribution in [3.63, 3.8) is 0 Å². The molecule has 1 aliphatic rings. The van der Waals surface area contributed by atoms with Crippen LogP contribution in [0, 0.1) is 0 Å². The van der Waals surface area contributed by atoms with E-state index in [4.69, 9.17) is 4.42 Å². The summed E-state index contributed by atoms with van der Waals surface area (Å²) < 4.78 is 7.32. The Morgan fingerprint density at radius 3 is 2.87 bits per heavy atom. The van der Waals surface area contributed by atoms with E-state index in [9.17, 15) is 0 Å². The van der Waals surface area contributed by atoms with Crippen LogP contribution in [0.15, 0.2) is 59.7 Å². The van der Waals surface area contributed by atoms with E-state index in [1.807, 2.05) is 36.9 Å². The monoisotopic (exact) mass is 308 g/mol. The van der Waals surface area contributed by atoms with E-state index in [0.717, 1.165) is 31.0 Å². The molecule has 5 heteroatoms. The number of likely N-dealkylation sites (tertiary alicyclic amines) is 1. The van der Waals surface area contributed by atoms with Crippen LogP contribution in [0.3, 0.4) is 0 Å². The zero-order valence-corrected chi connectivity index (χ0v) is 13.0. The van der Waals surface area contributed by atoms with Gasteiger partial charge in [-0.1, -0.05) is 24.6 Å². The lowest BCUT2D eigenvalue weighted by molar-refractivity contribution is 0.132. The van der Waals surface area contributed by atoms with Crippen LogP contribution in [0.4, 0.5) is 0 Å². The lowest BCUT2D eigenvalue weighted by Gasteiger charge is -2.34. The largest absolute Gasteiger partial charge is 0.472 e. The molecule has 1 fully saturated rings. The third-order valence-corrected chi connectivity index (χ3v) is 4.49. The molecule has 0 spiro atoms. The third-order valence-electron chi connectivity index (χ3n) is 4.49. The van der Waals surface area contributed by atoms with Crippen molar-refractivity contribution in [3.05, 3.63) is 66.6 Å². The number of nitrogens with zero attached hydrogens (tertiary/aromatic N) is 4. The Hall–Kier alpha value is -2.40. The van der Waals surface area contributed by atoms with Gasteiger partial charge < -0.3 is 4.42 Å². The fraction of sp³-hybridized carbons (Fsp3) is 0.333. The molecule has 2 aromatic heterocycles. The standard InChI is InChI=1S/C18H20N4O/c1-2-6-16(7-3-1)22-14-19-20-18(22)17-8-4-5-10-21(17)12-15-9-11-23-13-15/h1-3,6-7,9,11,13-14,17H,4-5,8,10,12H2. The first-order valence-electron chi connectivity index (χ1n) is 8.12. The maximum absolute atomic E-state index is 5.22. The molecule has 23 heavy (non-hydrogen) atoms. The van der Waals surface area contributed by atoms with Gasteiger partial charge in [0.25, 0.3) is 0 Å². The zero-order chi connectivity index (χ0) is 15.5. The van der Waals surface area contributed by atoms with Gasteiger partial charge in [-0.25, -0.2) is 0 Å². The van der Waals surface area contributed by atoms with Gasteiger partial charge in [-0.2, -0.15) is 0 Å². The second-order valence-corrected chi connectivity index (χ2v) is 6.01. The van der Waals surface area contributed by atoms with Crippen LogP contribution >= 0.6 is 0 Å². The topological polar surface area (TPSA) is 47.1 Å². The average molecular weight is 308 g/mol. The third kappa shape index (κ3) is 2.92. The van der Waals surface area contributed by atoms with Crippen LogP contribution < -0.4 is 0 Å². The normalized spacial score (nSPS) is 19.0. The number of furan rings is 1. The van der Waals surface area contributed by atoms with Gasteiger partial charge in [0.05, 0.1) is 18.6 Å². The number of para-hydroxylation sites is 1. The van der Waals surface area contributed by atoms with Gasteiger partial charge in [0, 0.05) is 17.8 Å². The summed E-state index contributed by atoms with van der Waals surface area (Å²) in [6.07, 6.45) is 8.95. The molecule has 3 aromatic rings. The van der Waals surface area contributed by atoms with Crippen LogP contribution in [-0.2, 0) is 6.54 Å². The van der Waals surface area contributed by atoms with Crippen molar-refractivity contribution in [2.24, 2.45) is 0 Å². The average Bonchev–Trinajstić information content (AvgIpc) is 3.28.